The van der Waals surface area contributed by atoms with Crippen molar-refractivity contribution < 1.29 is 19.5 Å². The Hall–Kier alpha value is -2.78. The summed E-state index contributed by atoms with van der Waals surface area (Å²) in [5.41, 5.74) is 3.71. The number of hydroxylamine groups is 2. The predicted molar refractivity (Wildman–Crippen MR) is 169 cm³/mol. The smallest absolute Gasteiger partial charge is 0.251 e. The molecule has 2 aromatic carbocycles. The summed E-state index contributed by atoms with van der Waals surface area (Å²) in [4.78, 5) is 35.3. The number of nitrogens with zero attached hydrogens (tertiary/aromatic N) is 2. The third-order valence-corrected chi connectivity index (χ3v) is 10.6. The Labute approximate surface area is 257 Å². The first-order valence-corrected chi connectivity index (χ1v) is 15.9. The average molecular weight is 591 g/mol. The van der Waals surface area contributed by atoms with E-state index in [1.165, 1.54) is 6.42 Å². The summed E-state index contributed by atoms with van der Waals surface area (Å²) >= 11 is 0. The van der Waals surface area contributed by atoms with Crippen LogP contribution in [-0.4, -0.2) is 78.4 Å². The fourth-order valence-corrected chi connectivity index (χ4v) is 7.94. The van der Waals surface area contributed by atoms with Crippen LogP contribution >= 0.6 is 0 Å². The molecule has 3 saturated carbocycles. The average Bonchev–Trinajstić information content (AvgIpc) is 3.29. The van der Waals surface area contributed by atoms with Gasteiger partial charge in [0.2, 0.25) is 5.91 Å². The van der Waals surface area contributed by atoms with Gasteiger partial charge in [0, 0.05) is 30.6 Å². The molecule has 1 saturated heterocycles. The number of benzene rings is 2. The molecule has 0 unspecified atom stereocenters. The minimum absolute atomic E-state index is 0.0675. The van der Waals surface area contributed by atoms with Crippen molar-refractivity contribution in [1.29, 1.82) is 0 Å². The molecule has 0 aromatic heterocycles. The van der Waals surface area contributed by atoms with Gasteiger partial charge < -0.3 is 20.6 Å². The zero-order valence-electron chi connectivity index (χ0n) is 26.8. The van der Waals surface area contributed by atoms with Crippen LogP contribution in [0.25, 0.3) is 11.1 Å². The third-order valence-electron chi connectivity index (χ3n) is 10.6. The summed E-state index contributed by atoms with van der Waals surface area (Å²) in [6, 6.07) is 15.2. The van der Waals surface area contributed by atoms with Crippen LogP contribution < -0.4 is 10.6 Å². The Morgan fingerprint density at radius 2 is 1.86 bits per heavy atom. The lowest BCUT2D eigenvalue weighted by molar-refractivity contribution is -0.174. The van der Waals surface area contributed by atoms with E-state index in [1.54, 1.807) is 12.0 Å². The van der Waals surface area contributed by atoms with E-state index in [0.717, 1.165) is 29.7 Å². The second kappa shape index (κ2) is 12.7. The number of hydrogen-bond acceptors (Lipinski definition) is 6. The van der Waals surface area contributed by atoms with E-state index in [4.69, 9.17) is 4.84 Å². The van der Waals surface area contributed by atoms with Crippen LogP contribution in [-0.2, 0) is 16.2 Å². The number of carbonyl (C=O) groups excluding carboxylic acids is 2. The Morgan fingerprint density at radius 1 is 1.12 bits per heavy atom. The van der Waals surface area contributed by atoms with Gasteiger partial charge in [-0.1, -0.05) is 57.2 Å². The van der Waals surface area contributed by atoms with Crippen molar-refractivity contribution >= 4 is 11.8 Å². The number of fused-ring (bicyclic) bond motifs is 2. The molecule has 2 amide bonds. The molecule has 1 aliphatic heterocycles. The predicted octanol–water partition coefficient (Wildman–Crippen LogP) is 4.33. The van der Waals surface area contributed by atoms with Gasteiger partial charge in [-0.2, -0.15) is 5.06 Å². The number of nitrogens with one attached hydrogen (secondary N) is 2. The van der Waals surface area contributed by atoms with E-state index in [0.29, 0.717) is 41.8 Å². The maximum Gasteiger partial charge on any atom is 0.251 e. The number of rotatable bonds is 10. The first kappa shape index (κ1) is 31.6. The molecule has 8 atom stereocenters. The van der Waals surface area contributed by atoms with Crippen LogP contribution in [0.15, 0.2) is 48.5 Å². The second-order valence-electron chi connectivity index (χ2n) is 14.0. The topological polar surface area (TPSA) is 94.1 Å². The van der Waals surface area contributed by atoms with Crippen LogP contribution in [0.3, 0.4) is 0 Å². The molecule has 3 aliphatic carbocycles. The summed E-state index contributed by atoms with van der Waals surface area (Å²) in [6.07, 6.45) is 1.25. The number of carbonyl (C=O) groups is 2. The molecule has 8 nitrogen and oxygen atoms in total. The maximum atomic E-state index is 13.9. The first-order valence-electron chi connectivity index (χ1n) is 15.9. The van der Waals surface area contributed by atoms with Gasteiger partial charge in [0.25, 0.3) is 5.91 Å². The fraction of sp³-hybridized carbons (Fsp3) is 0.600. The molecule has 0 spiro atoms. The molecule has 43 heavy (non-hydrogen) atoms. The Balaban J connectivity index is 1.33. The minimum Gasteiger partial charge on any atom is -0.393 e. The van der Waals surface area contributed by atoms with Gasteiger partial charge in [0.15, 0.2) is 0 Å². The zero-order chi connectivity index (χ0) is 31.1. The second-order valence-corrected chi connectivity index (χ2v) is 14.0. The number of aliphatic hydroxyl groups excluding tert-OH is 1. The highest BCUT2D eigenvalue weighted by molar-refractivity contribution is 6.00. The van der Waals surface area contributed by atoms with Gasteiger partial charge in [-0.15, -0.1) is 0 Å². The van der Waals surface area contributed by atoms with E-state index in [2.05, 4.69) is 37.5 Å². The van der Waals surface area contributed by atoms with Crippen LogP contribution in [0.2, 0.25) is 0 Å². The van der Waals surface area contributed by atoms with Gasteiger partial charge in [-0.05, 0) is 92.8 Å². The SMILES string of the molecule is C[C@@H]1[C@@H](NC(=O)[C@@H]2[C@H]([C@H](C)O)[C@H](C)ON2Cc2cccc(-c3ccccc3C(=O)NCCN(C)C)c2)C[C@H]2C[C@@H]1C2(C)C. The fourth-order valence-electron chi connectivity index (χ4n) is 7.94. The first-order chi connectivity index (χ1) is 20.4. The van der Waals surface area contributed by atoms with E-state index < -0.39 is 12.1 Å². The lowest BCUT2D eigenvalue weighted by atomic mass is 9.45. The highest BCUT2D eigenvalue weighted by Gasteiger charge is 2.57. The van der Waals surface area contributed by atoms with Gasteiger partial charge in [-0.25, -0.2) is 0 Å². The highest BCUT2D eigenvalue weighted by atomic mass is 16.7. The standard InChI is InChI=1S/C35H50N4O4/c1-21-29-18-26(35(29,4)5)19-30(21)37-34(42)32-31(22(2)40)23(3)43-39(32)20-24-11-10-12-25(17-24)27-13-8-9-14-28(27)33(41)36-15-16-38(6)7/h8-14,17,21-23,26,29-32,40H,15-16,18-20H2,1-7H3,(H,36,41)(H,37,42)/t21-,22-,23-,26+,29-,30-,31+,32-/m0/s1. The molecular formula is C35H50N4O4. The summed E-state index contributed by atoms with van der Waals surface area (Å²) < 4.78 is 0. The summed E-state index contributed by atoms with van der Waals surface area (Å²) in [6.45, 7) is 12.4. The minimum atomic E-state index is -0.698. The Morgan fingerprint density at radius 3 is 2.53 bits per heavy atom. The molecule has 4 fully saturated rings. The molecule has 234 valence electrons. The quantitative estimate of drug-likeness (QED) is 0.382. The van der Waals surface area contributed by atoms with Gasteiger partial charge >= 0.3 is 0 Å². The van der Waals surface area contributed by atoms with E-state index in [1.807, 2.05) is 68.4 Å². The van der Waals surface area contributed by atoms with Crippen molar-refractivity contribution in [3.05, 3.63) is 59.7 Å². The van der Waals surface area contributed by atoms with E-state index in [9.17, 15) is 14.7 Å². The lowest BCUT2D eigenvalue weighted by Gasteiger charge is -2.62. The van der Waals surface area contributed by atoms with Crippen LogP contribution in [0.4, 0.5) is 0 Å². The van der Waals surface area contributed by atoms with Crippen molar-refractivity contribution in [1.82, 2.24) is 20.6 Å². The zero-order valence-corrected chi connectivity index (χ0v) is 26.8. The summed E-state index contributed by atoms with van der Waals surface area (Å²) in [5.74, 6) is 1.16. The number of aliphatic hydroxyl groups is 1. The summed E-state index contributed by atoms with van der Waals surface area (Å²) in [7, 11) is 3.96. The third kappa shape index (κ3) is 6.39. The largest absolute Gasteiger partial charge is 0.393 e. The number of amides is 2. The number of likely N-dealkylation sites (N-methyl/N-ethyl adjacent to an activating group) is 1. The van der Waals surface area contributed by atoms with Crippen molar-refractivity contribution in [2.24, 2.45) is 29.1 Å². The molecule has 6 rings (SSSR count). The van der Waals surface area contributed by atoms with Gasteiger partial charge in [0.05, 0.1) is 18.8 Å². The molecule has 0 radical (unpaired) electrons. The van der Waals surface area contributed by atoms with Crippen LogP contribution in [0.1, 0.15) is 63.4 Å². The normalized spacial score (nSPS) is 30.5. The number of hydrogen-bond donors (Lipinski definition) is 3. The monoisotopic (exact) mass is 590 g/mol. The molecule has 3 N–H and O–H groups in total. The van der Waals surface area contributed by atoms with Gasteiger partial charge in [0.1, 0.15) is 6.04 Å². The van der Waals surface area contributed by atoms with Crippen molar-refractivity contribution in [2.75, 3.05) is 27.2 Å². The molecule has 4 aliphatic rings. The van der Waals surface area contributed by atoms with Crippen LogP contribution in [0.5, 0.6) is 0 Å². The van der Waals surface area contributed by atoms with Crippen LogP contribution in [0, 0.1) is 29.1 Å². The molecular weight excluding hydrogens is 540 g/mol. The molecule has 2 aromatic rings. The van der Waals surface area contributed by atoms with E-state index in [-0.39, 0.29) is 29.9 Å². The lowest BCUT2D eigenvalue weighted by Crippen LogP contribution is -2.62. The van der Waals surface area contributed by atoms with Crippen molar-refractivity contribution in [2.45, 2.75) is 78.3 Å². The molecule has 2 bridgehead atoms. The molecule has 8 heteroatoms. The van der Waals surface area contributed by atoms with Gasteiger partial charge in [-0.3, -0.25) is 14.4 Å². The van der Waals surface area contributed by atoms with Crippen molar-refractivity contribution in [3.8, 4) is 11.1 Å². The van der Waals surface area contributed by atoms with Crippen molar-refractivity contribution in [3.63, 3.8) is 0 Å². The maximum absolute atomic E-state index is 13.9. The Kier molecular flexibility index (Phi) is 9.33. The Bertz CT molecular complexity index is 1310. The highest BCUT2D eigenvalue weighted by Crippen LogP contribution is 2.61. The molecule has 1 heterocycles. The summed E-state index contributed by atoms with van der Waals surface area (Å²) in [5, 5.41) is 18.9. The van der Waals surface area contributed by atoms with E-state index >= 15 is 0 Å².